The van der Waals surface area contributed by atoms with E-state index in [1.54, 1.807) is 0 Å². The van der Waals surface area contributed by atoms with E-state index in [-0.39, 0.29) is 16.7 Å². The van der Waals surface area contributed by atoms with Crippen LogP contribution in [-0.2, 0) is 11.2 Å². The van der Waals surface area contributed by atoms with Gasteiger partial charge in [-0.2, -0.15) is 0 Å². The van der Waals surface area contributed by atoms with Gasteiger partial charge in [-0.3, -0.25) is 9.59 Å². The molecule has 5 heteroatoms. The van der Waals surface area contributed by atoms with Crippen molar-refractivity contribution in [2.24, 2.45) is 5.92 Å². The Labute approximate surface area is 180 Å². The van der Waals surface area contributed by atoms with Gasteiger partial charge in [-0.1, -0.05) is 45.7 Å². The summed E-state index contributed by atoms with van der Waals surface area (Å²) in [4.78, 5) is 29.7. The molecular formula is C24H36N2O2S. The van der Waals surface area contributed by atoms with Crippen LogP contribution in [0.25, 0.3) is 0 Å². The van der Waals surface area contributed by atoms with E-state index in [0.29, 0.717) is 12.3 Å². The van der Waals surface area contributed by atoms with Gasteiger partial charge in [-0.15, -0.1) is 11.8 Å². The number of piperidine rings is 1. The molecule has 0 saturated carbocycles. The molecule has 2 aliphatic heterocycles. The van der Waals surface area contributed by atoms with Crippen molar-refractivity contribution in [2.45, 2.75) is 70.6 Å². The number of rotatable bonds is 7. The van der Waals surface area contributed by atoms with Crippen molar-refractivity contribution < 1.29 is 9.59 Å². The number of unbranched alkanes of at least 4 members (excludes halogenated alkanes) is 2. The monoisotopic (exact) mass is 416 g/mol. The van der Waals surface area contributed by atoms with Crippen molar-refractivity contribution >= 4 is 23.6 Å². The molecule has 1 aromatic carbocycles. The molecule has 29 heavy (non-hydrogen) atoms. The molecule has 4 nitrogen and oxygen atoms in total. The van der Waals surface area contributed by atoms with E-state index >= 15 is 0 Å². The molecule has 0 radical (unpaired) electrons. The summed E-state index contributed by atoms with van der Waals surface area (Å²) in [6.07, 6.45) is 7.16. The number of likely N-dealkylation sites (tertiary alicyclic amines) is 1. The van der Waals surface area contributed by atoms with Crippen molar-refractivity contribution in [2.75, 3.05) is 25.4 Å². The van der Waals surface area contributed by atoms with Crippen molar-refractivity contribution in [3.63, 3.8) is 0 Å². The van der Waals surface area contributed by atoms with E-state index in [0.717, 1.165) is 50.2 Å². The number of hydrogen-bond donors (Lipinski definition) is 0. The zero-order valence-corrected chi connectivity index (χ0v) is 19.1. The van der Waals surface area contributed by atoms with Crippen LogP contribution in [0.5, 0.6) is 0 Å². The van der Waals surface area contributed by atoms with Gasteiger partial charge in [0, 0.05) is 37.4 Å². The van der Waals surface area contributed by atoms with Crippen LogP contribution in [0.2, 0.25) is 0 Å². The van der Waals surface area contributed by atoms with Crippen LogP contribution < -0.4 is 0 Å². The Morgan fingerprint density at radius 3 is 2.38 bits per heavy atom. The summed E-state index contributed by atoms with van der Waals surface area (Å²) in [5.74, 6) is 1.81. The lowest BCUT2D eigenvalue weighted by Crippen LogP contribution is -2.53. The van der Waals surface area contributed by atoms with Gasteiger partial charge in [-0.25, -0.2) is 0 Å². The number of carbonyl (C=O) groups excluding carboxylic acids is 2. The average molecular weight is 417 g/mol. The molecule has 3 rings (SSSR count). The predicted molar refractivity (Wildman–Crippen MR) is 121 cm³/mol. The largest absolute Gasteiger partial charge is 0.338 e. The van der Waals surface area contributed by atoms with Crippen LogP contribution in [0.3, 0.4) is 0 Å². The summed E-state index contributed by atoms with van der Waals surface area (Å²) >= 11 is 1.92. The van der Waals surface area contributed by atoms with Crippen LogP contribution in [-0.4, -0.2) is 51.9 Å². The molecule has 0 aromatic heterocycles. The van der Waals surface area contributed by atoms with Gasteiger partial charge in [0.2, 0.25) is 5.91 Å². The Hall–Kier alpha value is -1.49. The van der Waals surface area contributed by atoms with E-state index < -0.39 is 0 Å². The topological polar surface area (TPSA) is 40.6 Å². The van der Waals surface area contributed by atoms with Gasteiger partial charge in [0.25, 0.3) is 5.91 Å². The minimum absolute atomic E-state index is 0.0914. The molecule has 2 saturated heterocycles. The van der Waals surface area contributed by atoms with Crippen LogP contribution in [0.15, 0.2) is 24.3 Å². The Morgan fingerprint density at radius 2 is 1.76 bits per heavy atom. The highest BCUT2D eigenvalue weighted by Crippen LogP contribution is 2.44. The third-order valence-corrected chi connectivity index (χ3v) is 7.72. The summed E-state index contributed by atoms with van der Waals surface area (Å²) in [7, 11) is 0. The van der Waals surface area contributed by atoms with Gasteiger partial charge in [0.15, 0.2) is 0 Å². The van der Waals surface area contributed by atoms with Gasteiger partial charge >= 0.3 is 0 Å². The molecule has 1 spiro atoms. The normalized spacial score (nSPS) is 18.6. The minimum Gasteiger partial charge on any atom is -0.338 e. The smallest absolute Gasteiger partial charge is 0.253 e. The summed E-state index contributed by atoms with van der Waals surface area (Å²) in [5.41, 5.74) is 2.10. The fourth-order valence-corrected chi connectivity index (χ4v) is 5.94. The lowest BCUT2D eigenvalue weighted by Gasteiger charge is -2.44. The molecule has 1 aromatic rings. The fourth-order valence-electron chi connectivity index (χ4n) is 4.47. The summed E-state index contributed by atoms with van der Waals surface area (Å²) in [5, 5.41) is 0. The number of nitrogens with zero attached hydrogens (tertiary/aromatic N) is 2. The number of benzene rings is 1. The molecule has 0 bridgehead atoms. The third kappa shape index (κ3) is 5.36. The molecule has 0 unspecified atom stereocenters. The second-order valence-electron chi connectivity index (χ2n) is 8.88. The Morgan fingerprint density at radius 1 is 1.07 bits per heavy atom. The highest BCUT2D eigenvalue weighted by Gasteiger charge is 2.46. The van der Waals surface area contributed by atoms with Crippen molar-refractivity contribution in [3.8, 4) is 0 Å². The maximum absolute atomic E-state index is 13.0. The molecule has 0 N–H and O–H groups in total. The van der Waals surface area contributed by atoms with Gasteiger partial charge < -0.3 is 9.80 Å². The molecule has 2 heterocycles. The molecule has 0 atom stereocenters. The van der Waals surface area contributed by atoms with Crippen molar-refractivity contribution in [3.05, 3.63) is 35.4 Å². The number of hydrogen-bond acceptors (Lipinski definition) is 3. The van der Waals surface area contributed by atoms with Crippen LogP contribution >= 0.6 is 11.8 Å². The van der Waals surface area contributed by atoms with Crippen molar-refractivity contribution in [1.29, 1.82) is 0 Å². The first-order valence-electron chi connectivity index (χ1n) is 11.3. The summed E-state index contributed by atoms with van der Waals surface area (Å²) in [6.45, 7) is 8.73. The molecule has 2 amide bonds. The van der Waals surface area contributed by atoms with Crippen LogP contribution in [0.4, 0.5) is 0 Å². The van der Waals surface area contributed by atoms with Crippen molar-refractivity contribution in [1.82, 2.24) is 9.80 Å². The third-order valence-electron chi connectivity index (χ3n) is 6.16. The van der Waals surface area contributed by atoms with E-state index in [1.165, 1.54) is 24.8 Å². The van der Waals surface area contributed by atoms with E-state index in [9.17, 15) is 9.59 Å². The first-order valence-corrected chi connectivity index (χ1v) is 12.3. The predicted octanol–water partition coefficient (Wildman–Crippen LogP) is 4.97. The molecule has 2 aliphatic rings. The maximum atomic E-state index is 13.0. The van der Waals surface area contributed by atoms with Crippen LogP contribution in [0, 0.1) is 5.92 Å². The van der Waals surface area contributed by atoms with E-state index in [1.807, 2.05) is 28.8 Å². The SMILES string of the molecule is CCCCCc1ccc(C(=O)N2CCC3(CC2)SCCN3C(=O)CC(C)C)cc1. The van der Waals surface area contributed by atoms with Gasteiger partial charge in [0.1, 0.15) is 0 Å². The van der Waals surface area contributed by atoms with Crippen LogP contribution in [0.1, 0.15) is 75.2 Å². The summed E-state index contributed by atoms with van der Waals surface area (Å²) < 4.78 is 0. The number of aryl methyl sites for hydroxylation is 1. The standard InChI is InChI=1S/C24H36N2O2S/c1-4-5-6-7-20-8-10-21(11-9-20)23(28)25-14-12-24(13-15-25)26(16-17-29-24)22(27)18-19(2)3/h8-11,19H,4-7,12-18H2,1-3H3. The Balaban J connectivity index is 1.57. The highest BCUT2D eigenvalue weighted by atomic mass is 32.2. The fraction of sp³-hybridized carbons (Fsp3) is 0.667. The molecular weight excluding hydrogens is 380 g/mol. The molecule has 2 fully saturated rings. The molecule has 160 valence electrons. The average Bonchev–Trinajstić information content (AvgIpc) is 3.11. The first-order chi connectivity index (χ1) is 13.9. The number of amides is 2. The zero-order chi connectivity index (χ0) is 20.9. The second-order valence-corrected chi connectivity index (χ2v) is 10.3. The van der Waals surface area contributed by atoms with E-state index in [4.69, 9.17) is 0 Å². The quantitative estimate of drug-likeness (QED) is 0.589. The number of thioether (sulfide) groups is 1. The lowest BCUT2D eigenvalue weighted by molar-refractivity contribution is -0.135. The highest BCUT2D eigenvalue weighted by molar-refractivity contribution is 8.00. The van der Waals surface area contributed by atoms with E-state index in [2.05, 4.69) is 37.8 Å². The Kier molecular flexibility index (Phi) is 7.66. The second kappa shape index (κ2) is 10.0. The summed E-state index contributed by atoms with van der Waals surface area (Å²) in [6, 6.07) is 8.18. The lowest BCUT2D eigenvalue weighted by atomic mass is 9.99. The molecule has 0 aliphatic carbocycles. The first kappa shape index (κ1) is 22.2. The Bertz CT molecular complexity index is 693. The maximum Gasteiger partial charge on any atom is 0.253 e. The number of carbonyl (C=O) groups is 2. The zero-order valence-electron chi connectivity index (χ0n) is 18.3. The minimum atomic E-state index is -0.0914. The van der Waals surface area contributed by atoms with Gasteiger partial charge in [-0.05, 0) is 49.3 Å². The van der Waals surface area contributed by atoms with Gasteiger partial charge in [0.05, 0.1) is 4.87 Å².